The highest BCUT2D eigenvalue weighted by Crippen LogP contribution is 2.28. The molecule has 2 atom stereocenters. The van der Waals surface area contributed by atoms with Crippen LogP contribution in [0.5, 0.6) is 0 Å². The maximum absolute atomic E-state index is 12.6. The van der Waals surface area contributed by atoms with Crippen LogP contribution in [0.3, 0.4) is 0 Å². The number of hydrogen-bond acceptors (Lipinski definition) is 3. The zero-order valence-corrected chi connectivity index (χ0v) is 16.1. The van der Waals surface area contributed by atoms with Crippen molar-refractivity contribution in [3.05, 3.63) is 75.8 Å². The summed E-state index contributed by atoms with van der Waals surface area (Å²) in [6, 6.07) is 15.1. The Labute approximate surface area is 165 Å². The number of carbonyl (C=O) groups is 1. The fourth-order valence-electron chi connectivity index (χ4n) is 2.54. The lowest BCUT2D eigenvalue weighted by Crippen LogP contribution is -3.15. The van der Waals surface area contributed by atoms with E-state index in [-0.39, 0.29) is 11.3 Å². The van der Waals surface area contributed by atoms with Crippen molar-refractivity contribution in [1.82, 2.24) is 5.32 Å². The number of nitro groups is 1. The summed E-state index contributed by atoms with van der Waals surface area (Å²) in [7, 11) is 1.76. The largest absolute Gasteiger partial charge is 0.310 e. The van der Waals surface area contributed by atoms with E-state index < -0.39 is 20.8 Å². The van der Waals surface area contributed by atoms with Crippen LogP contribution in [0.15, 0.2) is 54.6 Å². The highest BCUT2D eigenvalue weighted by Gasteiger charge is 2.41. The van der Waals surface area contributed by atoms with Crippen LogP contribution < -0.4 is 10.2 Å². The number of carbonyl (C=O) groups excluding carboxylic acids is 1. The number of nitro benzene ring substituents is 1. The molecule has 0 aliphatic carbocycles. The minimum absolute atomic E-state index is 0.0933. The van der Waals surface area contributed by atoms with Gasteiger partial charge in [0.25, 0.3) is 15.4 Å². The molecule has 0 fully saturated rings. The van der Waals surface area contributed by atoms with Gasteiger partial charge < -0.3 is 4.90 Å². The fourth-order valence-corrected chi connectivity index (χ4v) is 3.26. The molecule has 26 heavy (non-hydrogen) atoms. The topological polar surface area (TPSA) is 76.7 Å². The molecule has 2 N–H and O–H groups in total. The van der Waals surface area contributed by atoms with Crippen LogP contribution in [-0.4, -0.2) is 27.8 Å². The van der Waals surface area contributed by atoms with Crippen molar-refractivity contribution >= 4 is 46.4 Å². The minimum atomic E-state index is -1.81. The predicted molar refractivity (Wildman–Crippen MR) is 102 cm³/mol. The van der Waals surface area contributed by atoms with Crippen molar-refractivity contribution in [2.45, 2.75) is 16.5 Å². The maximum Gasteiger partial charge on any atom is 0.282 e. The van der Waals surface area contributed by atoms with Gasteiger partial charge in [-0.3, -0.25) is 20.2 Å². The molecule has 2 unspecified atom stereocenters. The Kier molecular flexibility index (Phi) is 6.83. The van der Waals surface area contributed by atoms with Crippen LogP contribution >= 0.6 is 34.8 Å². The maximum atomic E-state index is 12.6. The summed E-state index contributed by atoms with van der Waals surface area (Å²) in [4.78, 5) is 23.8. The number of para-hydroxylation sites is 1. The zero-order valence-electron chi connectivity index (χ0n) is 13.8. The first-order valence-corrected chi connectivity index (χ1v) is 8.80. The average Bonchev–Trinajstić information content (AvgIpc) is 2.59. The van der Waals surface area contributed by atoms with Gasteiger partial charge in [-0.2, -0.15) is 0 Å². The van der Waals surface area contributed by atoms with Gasteiger partial charge in [0.05, 0.1) is 12.0 Å². The van der Waals surface area contributed by atoms with Crippen LogP contribution in [0.4, 0.5) is 5.69 Å². The standard InChI is InChI=1S/C17H16Cl3N3O3/c1-22(11-12-7-3-2-4-8-12)16(17(18,19)20)21-15(24)13-9-5-6-10-14(13)23(25)26/h2-10,16H,11H2,1H3,(H,21,24)/p+1. The van der Waals surface area contributed by atoms with Gasteiger partial charge in [-0.1, -0.05) is 77.3 Å². The van der Waals surface area contributed by atoms with E-state index >= 15 is 0 Å². The van der Waals surface area contributed by atoms with Gasteiger partial charge in [-0.25, -0.2) is 0 Å². The second-order valence-corrected chi connectivity index (χ2v) is 8.10. The number of benzene rings is 2. The van der Waals surface area contributed by atoms with Gasteiger partial charge in [0.1, 0.15) is 12.1 Å². The van der Waals surface area contributed by atoms with Gasteiger partial charge in [-0.15, -0.1) is 0 Å². The number of rotatable bonds is 6. The molecule has 138 valence electrons. The molecule has 2 rings (SSSR count). The van der Waals surface area contributed by atoms with Crippen LogP contribution in [0.2, 0.25) is 0 Å². The molecule has 9 heteroatoms. The predicted octanol–water partition coefficient (Wildman–Crippen LogP) is 2.74. The molecule has 1 amide bonds. The Hall–Kier alpha value is -1.86. The van der Waals surface area contributed by atoms with Crippen molar-refractivity contribution in [2.24, 2.45) is 0 Å². The number of hydrogen-bond donors (Lipinski definition) is 2. The summed E-state index contributed by atoms with van der Waals surface area (Å²) >= 11 is 18.2. The van der Waals surface area contributed by atoms with E-state index in [9.17, 15) is 14.9 Å². The summed E-state index contributed by atoms with van der Waals surface area (Å²) in [6.07, 6.45) is -0.917. The Bertz CT molecular complexity index is 782. The van der Waals surface area contributed by atoms with Crippen LogP contribution in [0, 0.1) is 10.1 Å². The third kappa shape index (κ3) is 5.32. The summed E-state index contributed by atoms with van der Waals surface area (Å²) in [6.45, 7) is 0.483. The Morgan fingerprint density at radius 2 is 1.73 bits per heavy atom. The first-order chi connectivity index (χ1) is 12.2. The highest BCUT2D eigenvalue weighted by molar-refractivity contribution is 6.68. The molecule has 0 aliphatic rings. The number of nitrogens with one attached hydrogen (secondary N) is 2. The normalized spacial score (nSPS) is 13.7. The van der Waals surface area contributed by atoms with Crippen LogP contribution in [-0.2, 0) is 6.54 Å². The smallest absolute Gasteiger partial charge is 0.282 e. The van der Waals surface area contributed by atoms with Gasteiger partial charge >= 0.3 is 0 Å². The fraction of sp³-hybridized carbons (Fsp3) is 0.235. The number of nitrogens with zero attached hydrogens (tertiary/aromatic N) is 1. The molecule has 0 bridgehead atoms. The molecule has 0 saturated carbocycles. The van der Waals surface area contributed by atoms with Gasteiger partial charge in [0.2, 0.25) is 6.17 Å². The molecule has 0 heterocycles. The average molecular weight is 418 g/mol. The molecule has 6 nitrogen and oxygen atoms in total. The first-order valence-electron chi connectivity index (χ1n) is 7.67. The van der Waals surface area contributed by atoms with Crippen molar-refractivity contribution in [3.63, 3.8) is 0 Å². The quantitative estimate of drug-likeness (QED) is 0.328. The van der Waals surface area contributed by atoms with Crippen LogP contribution in [0.25, 0.3) is 0 Å². The highest BCUT2D eigenvalue weighted by atomic mass is 35.6. The molecule has 0 aromatic heterocycles. The summed E-state index contributed by atoms with van der Waals surface area (Å²) in [5, 5.41) is 13.7. The Morgan fingerprint density at radius 1 is 1.15 bits per heavy atom. The van der Waals surface area contributed by atoms with E-state index in [1.165, 1.54) is 24.3 Å². The molecular formula is C17H17Cl3N3O3+. The molecule has 0 aliphatic heterocycles. The van der Waals surface area contributed by atoms with E-state index in [0.717, 1.165) is 5.56 Å². The number of quaternary nitrogens is 1. The van der Waals surface area contributed by atoms with Gasteiger partial charge in [-0.05, 0) is 6.07 Å². The lowest BCUT2D eigenvalue weighted by atomic mass is 10.1. The zero-order chi connectivity index (χ0) is 19.3. The molecule has 0 saturated heterocycles. The van der Waals surface area contributed by atoms with E-state index in [2.05, 4.69) is 5.32 Å². The second kappa shape index (κ2) is 8.68. The lowest BCUT2D eigenvalue weighted by molar-refractivity contribution is -0.921. The van der Waals surface area contributed by atoms with Crippen molar-refractivity contribution in [1.29, 1.82) is 0 Å². The molecule has 2 aromatic carbocycles. The summed E-state index contributed by atoms with van der Waals surface area (Å²) in [5.41, 5.74) is 0.585. The molecule has 2 aromatic rings. The van der Waals surface area contributed by atoms with Gasteiger partial charge in [0.15, 0.2) is 0 Å². The van der Waals surface area contributed by atoms with Crippen molar-refractivity contribution in [3.8, 4) is 0 Å². The number of amides is 1. The van der Waals surface area contributed by atoms with Crippen LogP contribution in [0.1, 0.15) is 15.9 Å². The monoisotopic (exact) mass is 416 g/mol. The lowest BCUT2D eigenvalue weighted by Gasteiger charge is -2.30. The third-order valence-corrected chi connectivity index (χ3v) is 4.42. The van der Waals surface area contributed by atoms with E-state index in [4.69, 9.17) is 34.8 Å². The SMILES string of the molecule is C[NH+](Cc1ccccc1)C(NC(=O)c1ccccc1[N+](=O)[O-])C(Cl)(Cl)Cl. The number of halogens is 3. The minimum Gasteiger partial charge on any atom is -0.310 e. The van der Waals surface area contributed by atoms with E-state index in [1.807, 2.05) is 30.3 Å². The van der Waals surface area contributed by atoms with E-state index in [1.54, 1.807) is 7.05 Å². The summed E-state index contributed by atoms with van der Waals surface area (Å²) < 4.78 is -1.81. The molecule has 0 radical (unpaired) electrons. The number of alkyl halides is 3. The summed E-state index contributed by atoms with van der Waals surface area (Å²) in [5.74, 6) is -0.680. The molecule has 0 spiro atoms. The third-order valence-electron chi connectivity index (χ3n) is 3.77. The first kappa shape index (κ1) is 20.5. The Balaban J connectivity index is 2.23. The Morgan fingerprint density at radius 3 is 2.31 bits per heavy atom. The van der Waals surface area contributed by atoms with E-state index in [0.29, 0.717) is 11.4 Å². The van der Waals surface area contributed by atoms with Crippen molar-refractivity contribution < 1.29 is 14.6 Å². The van der Waals surface area contributed by atoms with Crippen molar-refractivity contribution in [2.75, 3.05) is 7.05 Å². The molecular weight excluding hydrogens is 401 g/mol. The second-order valence-electron chi connectivity index (χ2n) is 5.73. The van der Waals surface area contributed by atoms with Gasteiger partial charge in [0, 0.05) is 11.6 Å².